The maximum atomic E-state index is 12.5. The van der Waals surface area contributed by atoms with Crippen LogP contribution in [0.15, 0.2) is 30.0 Å². The summed E-state index contributed by atoms with van der Waals surface area (Å²) in [6.07, 6.45) is 3.40. The second kappa shape index (κ2) is 7.13. The maximum Gasteiger partial charge on any atom is 0.340 e. The molecule has 0 bridgehead atoms. The number of benzene rings is 1. The molecule has 1 fully saturated rings. The third-order valence-corrected chi connectivity index (χ3v) is 5.90. The topological polar surface area (TPSA) is 58.6 Å². The van der Waals surface area contributed by atoms with E-state index in [4.69, 9.17) is 11.6 Å². The minimum Gasteiger partial charge on any atom is -0.610 e. The van der Waals surface area contributed by atoms with E-state index >= 15 is 0 Å². The minimum absolute atomic E-state index is 0.198. The molecule has 5 nitrogen and oxygen atoms in total. The van der Waals surface area contributed by atoms with Crippen LogP contribution in [-0.4, -0.2) is 39.5 Å². The number of carbonyl (C=O) groups excluding carboxylic acids is 1. The molecule has 2 heterocycles. The monoisotopic (exact) mass is 353 g/mol. The molecule has 1 atom stereocenters. The van der Waals surface area contributed by atoms with Gasteiger partial charge in [0.15, 0.2) is 10.8 Å². The number of hydrazine groups is 1. The number of halogens is 1. The smallest absolute Gasteiger partial charge is 0.340 e. The van der Waals surface area contributed by atoms with Crippen molar-refractivity contribution in [1.82, 2.24) is 15.3 Å². The molecule has 0 saturated carbocycles. The summed E-state index contributed by atoms with van der Waals surface area (Å²) in [6, 6.07) is 7.01. The first-order chi connectivity index (χ1) is 11.1. The number of amides is 2. The number of hydrogen-bond acceptors (Lipinski definition) is 3. The molecule has 2 aliphatic rings. The van der Waals surface area contributed by atoms with Crippen LogP contribution in [0.3, 0.4) is 0 Å². The van der Waals surface area contributed by atoms with E-state index in [9.17, 15) is 9.35 Å². The number of nitrogens with one attached hydrogen (secondary N) is 1. The van der Waals surface area contributed by atoms with E-state index in [2.05, 4.69) is 5.43 Å². The number of nitrogens with zero attached hydrogens (tertiary/aromatic N) is 2. The Bertz CT molecular complexity index is 614. The Morgan fingerprint density at radius 2 is 1.87 bits per heavy atom. The van der Waals surface area contributed by atoms with Gasteiger partial charge >= 0.3 is 6.03 Å². The Morgan fingerprint density at radius 1 is 1.22 bits per heavy atom. The summed E-state index contributed by atoms with van der Waals surface area (Å²) in [7, 11) is 0. The zero-order chi connectivity index (χ0) is 16.4. The number of urea groups is 1. The van der Waals surface area contributed by atoms with E-state index in [1.165, 1.54) is 6.42 Å². The van der Waals surface area contributed by atoms with Gasteiger partial charge in [0.2, 0.25) is 0 Å². The molecule has 0 radical (unpaired) electrons. The van der Waals surface area contributed by atoms with Crippen LogP contribution in [0.2, 0.25) is 5.02 Å². The quantitative estimate of drug-likeness (QED) is 0.831. The van der Waals surface area contributed by atoms with Crippen molar-refractivity contribution in [2.24, 2.45) is 0 Å². The van der Waals surface area contributed by atoms with Crippen molar-refractivity contribution in [3.63, 3.8) is 0 Å². The summed E-state index contributed by atoms with van der Waals surface area (Å²) in [5, 5.41) is 2.58. The van der Waals surface area contributed by atoms with Gasteiger partial charge in [0, 0.05) is 34.9 Å². The lowest BCUT2D eigenvalue weighted by atomic mass is 10.2. The van der Waals surface area contributed by atoms with Gasteiger partial charge < -0.3 is 4.55 Å². The van der Waals surface area contributed by atoms with Gasteiger partial charge in [-0.2, -0.15) is 0 Å². The molecular formula is C16H20ClN3O2S. The second-order valence-corrected chi connectivity index (χ2v) is 7.58. The summed E-state index contributed by atoms with van der Waals surface area (Å²) >= 11 is 4.68. The summed E-state index contributed by atoms with van der Waals surface area (Å²) in [6.45, 7) is 3.58. The Hall–Kier alpha value is -1.21. The zero-order valence-corrected chi connectivity index (χ0v) is 14.6. The van der Waals surface area contributed by atoms with Crippen molar-refractivity contribution < 1.29 is 9.35 Å². The van der Waals surface area contributed by atoms with Crippen molar-refractivity contribution in [2.75, 3.05) is 19.0 Å². The second-order valence-electron chi connectivity index (χ2n) is 5.79. The SMILES string of the molecule is CC1=C(c2ccc(Cl)cc2)[S+]([O-])CN1C(=O)NN1CCCCC1. The highest BCUT2D eigenvalue weighted by atomic mass is 35.5. The largest absolute Gasteiger partial charge is 0.610 e. The zero-order valence-electron chi connectivity index (χ0n) is 13.0. The van der Waals surface area contributed by atoms with Gasteiger partial charge in [0.1, 0.15) is 0 Å². The number of hydrogen-bond donors (Lipinski definition) is 1. The first-order valence-electron chi connectivity index (χ1n) is 7.74. The lowest BCUT2D eigenvalue weighted by molar-refractivity contribution is 0.140. The van der Waals surface area contributed by atoms with Gasteiger partial charge in [-0.1, -0.05) is 18.0 Å². The van der Waals surface area contributed by atoms with Crippen LogP contribution in [0.5, 0.6) is 0 Å². The Labute approximate surface area is 144 Å². The van der Waals surface area contributed by atoms with Crippen LogP contribution in [-0.2, 0) is 11.2 Å². The van der Waals surface area contributed by atoms with Gasteiger partial charge in [-0.25, -0.2) is 14.7 Å². The number of piperidine rings is 1. The lowest BCUT2D eigenvalue weighted by Crippen LogP contribution is -2.50. The Balaban J connectivity index is 1.75. The van der Waals surface area contributed by atoms with E-state index in [1.807, 2.05) is 24.1 Å². The third-order valence-electron chi connectivity index (χ3n) is 4.17. The summed E-state index contributed by atoms with van der Waals surface area (Å²) < 4.78 is 12.5. The fourth-order valence-electron chi connectivity index (χ4n) is 2.92. The molecule has 1 saturated heterocycles. The van der Waals surface area contributed by atoms with Crippen molar-refractivity contribution >= 4 is 33.7 Å². The molecule has 124 valence electrons. The minimum atomic E-state index is -1.22. The van der Waals surface area contributed by atoms with Crippen LogP contribution in [0.25, 0.3) is 4.91 Å². The first kappa shape index (κ1) is 16.6. The number of rotatable bonds is 2. The van der Waals surface area contributed by atoms with E-state index in [0.717, 1.165) is 37.2 Å². The maximum absolute atomic E-state index is 12.5. The summed E-state index contributed by atoms with van der Waals surface area (Å²) in [4.78, 5) is 14.8. The number of allylic oxidation sites excluding steroid dienone is 1. The van der Waals surface area contributed by atoms with E-state index in [1.54, 1.807) is 17.0 Å². The Kier molecular flexibility index (Phi) is 5.16. The molecule has 0 aromatic heterocycles. The van der Waals surface area contributed by atoms with E-state index in [0.29, 0.717) is 9.93 Å². The van der Waals surface area contributed by atoms with Gasteiger partial charge in [-0.05, 0) is 44.0 Å². The molecule has 7 heteroatoms. The van der Waals surface area contributed by atoms with Crippen LogP contribution in [0.4, 0.5) is 4.79 Å². The summed E-state index contributed by atoms with van der Waals surface area (Å²) in [5.74, 6) is 0.198. The van der Waals surface area contributed by atoms with Crippen molar-refractivity contribution in [3.8, 4) is 0 Å². The molecule has 2 aliphatic heterocycles. The molecule has 2 amide bonds. The van der Waals surface area contributed by atoms with Gasteiger partial charge in [-0.3, -0.25) is 5.43 Å². The molecule has 1 unspecified atom stereocenters. The summed E-state index contributed by atoms with van der Waals surface area (Å²) in [5.41, 5.74) is 4.51. The normalized spacial score (nSPS) is 22.6. The van der Waals surface area contributed by atoms with Crippen LogP contribution >= 0.6 is 11.6 Å². The highest BCUT2D eigenvalue weighted by molar-refractivity contribution is 8.00. The predicted molar refractivity (Wildman–Crippen MR) is 92.9 cm³/mol. The van der Waals surface area contributed by atoms with E-state index < -0.39 is 11.2 Å². The highest BCUT2D eigenvalue weighted by Crippen LogP contribution is 2.34. The molecule has 0 spiro atoms. The predicted octanol–water partition coefficient (Wildman–Crippen LogP) is 3.16. The molecule has 3 rings (SSSR count). The molecule has 0 aliphatic carbocycles. The fraction of sp³-hybridized carbons (Fsp3) is 0.438. The third kappa shape index (κ3) is 3.66. The molecule has 1 N–H and O–H groups in total. The van der Waals surface area contributed by atoms with E-state index in [-0.39, 0.29) is 11.9 Å². The average molecular weight is 354 g/mol. The van der Waals surface area contributed by atoms with Gasteiger partial charge in [0.25, 0.3) is 0 Å². The van der Waals surface area contributed by atoms with Crippen molar-refractivity contribution in [2.45, 2.75) is 26.2 Å². The molecule has 1 aromatic rings. The van der Waals surface area contributed by atoms with Gasteiger partial charge in [-0.15, -0.1) is 0 Å². The fourth-order valence-corrected chi connectivity index (χ4v) is 4.56. The lowest BCUT2D eigenvalue weighted by Gasteiger charge is -2.28. The average Bonchev–Trinajstić information content (AvgIpc) is 2.84. The Morgan fingerprint density at radius 3 is 2.52 bits per heavy atom. The molecular weight excluding hydrogens is 334 g/mol. The highest BCUT2D eigenvalue weighted by Gasteiger charge is 2.37. The van der Waals surface area contributed by atoms with Gasteiger partial charge in [0.05, 0.1) is 5.70 Å². The first-order valence-corrected chi connectivity index (χ1v) is 9.44. The van der Waals surface area contributed by atoms with Crippen LogP contribution in [0, 0.1) is 0 Å². The van der Waals surface area contributed by atoms with Crippen molar-refractivity contribution in [1.29, 1.82) is 0 Å². The molecule has 1 aromatic carbocycles. The van der Waals surface area contributed by atoms with Crippen LogP contribution in [0.1, 0.15) is 31.7 Å². The van der Waals surface area contributed by atoms with Crippen LogP contribution < -0.4 is 5.43 Å². The standard InChI is InChI=1S/C16H20ClN3O2S/c1-12-15(13-5-7-14(17)8-6-13)23(22)11-20(12)16(21)18-19-9-3-2-4-10-19/h5-8H,2-4,9-11H2,1H3,(H,18,21). The number of carbonyl (C=O) groups is 1. The molecule has 23 heavy (non-hydrogen) atoms. The van der Waals surface area contributed by atoms with Crippen molar-refractivity contribution in [3.05, 3.63) is 40.5 Å².